The highest BCUT2D eigenvalue weighted by molar-refractivity contribution is 5.94. The summed E-state index contributed by atoms with van der Waals surface area (Å²) in [6, 6.07) is 18.2. The number of hydrazine groups is 2. The summed E-state index contributed by atoms with van der Waals surface area (Å²) in [5.74, 6) is 0.752. The monoisotopic (exact) mass is 415 g/mol. The van der Waals surface area contributed by atoms with Crippen LogP contribution < -0.4 is 5.43 Å². The first kappa shape index (κ1) is 20.1. The Kier molecular flexibility index (Phi) is 5.93. The van der Waals surface area contributed by atoms with Gasteiger partial charge in [0.05, 0.1) is 6.67 Å². The van der Waals surface area contributed by atoms with Gasteiger partial charge < -0.3 is 4.90 Å². The van der Waals surface area contributed by atoms with Crippen molar-refractivity contribution in [2.45, 2.75) is 25.7 Å². The van der Waals surface area contributed by atoms with Gasteiger partial charge in [-0.05, 0) is 60.7 Å². The van der Waals surface area contributed by atoms with Crippen LogP contribution in [0.2, 0.25) is 0 Å². The summed E-state index contributed by atoms with van der Waals surface area (Å²) in [5.41, 5.74) is 5.57. The molecule has 6 heteroatoms. The number of hydrogen-bond donors (Lipinski definition) is 1. The fourth-order valence-corrected chi connectivity index (χ4v) is 4.79. The lowest BCUT2D eigenvalue weighted by molar-refractivity contribution is -0.0492. The van der Waals surface area contributed by atoms with Crippen molar-refractivity contribution >= 4 is 16.7 Å². The summed E-state index contributed by atoms with van der Waals surface area (Å²) in [7, 11) is 0. The van der Waals surface area contributed by atoms with Crippen molar-refractivity contribution in [3.05, 3.63) is 78.1 Å². The number of nitrogens with zero attached hydrogens (tertiary/aromatic N) is 4. The second-order valence-corrected chi connectivity index (χ2v) is 8.54. The molecule has 2 aromatic carbocycles. The Morgan fingerprint density at radius 1 is 1.03 bits per heavy atom. The summed E-state index contributed by atoms with van der Waals surface area (Å²) in [6.45, 7) is 3.18. The van der Waals surface area contributed by atoms with Crippen LogP contribution in [-0.2, 0) is 6.42 Å². The van der Waals surface area contributed by atoms with E-state index in [0.29, 0.717) is 19.3 Å². The fourth-order valence-electron chi connectivity index (χ4n) is 4.79. The van der Waals surface area contributed by atoms with E-state index < -0.39 is 0 Å². The smallest absolute Gasteiger partial charge is 0.256 e. The summed E-state index contributed by atoms with van der Waals surface area (Å²) in [6.07, 6.45) is 8.52. The SMILES string of the molecule is O=C(c1ccccc1)N1CNN(N2CCCC(Cc3cccc4cnccc34)CC2)C1. The molecule has 3 aromatic rings. The van der Waals surface area contributed by atoms with Crippen molar-refractivity contribution in [3.8, 4) is 0 Å². The van der Waals surface area contributed by atoms with Gasteiger partial charge >= 0.3 is 0 Å². The Morgan fingerprint density at radius 2 is 1.94 bits per heavy atom. The molecule has 31 heavy (non-hydrogen) atoms. The molecule has 2 fully saturated rings. The van der Waals surface area contributed by atoms with E-state index in [4.69, 9.17) is 0 Å². The molecular formula is C25H29N5O. The van der Waals surface area contributed by atoms with Crippen LogP contribution in [0.5, 0.6) is 0 Å². The number of aromatic nitrogens is 1. The Labute approximate surface area is 183 Å². The Balaban J connectivity index is 1.19. The molecule has 6 nitrogen and oxygen atoms in total. The van der Waals surface area contributed by atoms with Crippen LogP contribution in [0.3, 0.4) is 0 Å². The number of carbonyl (C=O) groups is 1. The van der Waals surface area contributed by atoms with Gasteiger partial charge in [-0.2, -0.15) is 5.12 Å². The molecule has 0 saturated carbocycles. The molecule has 160 valence electrons. The lowest BCUT2D eigenvalue weighted by Crippen LogP contribution is -2.47. The zero-order valence-electron chi connectivity index (χ0n) is 17.8. The number of pyridine rings is 1. The van der Waals surface area contributed by atoms with Crippen LogP contribution in [0, 0.1) is 5.92 Å². The van der Waals surface area contributed by atoms with Gasteiger partial charge in [0.1, 0.15) is 6.67 Å². The topological polar surface area (TPSA) is 51.7 Å². The van der Waals surface area contributed by atoms with E-state index >= 15 is 0 Å². The maximum atomic E-state index is 12.7. The van der Waals surface area contributed by atoms with Crippen molar-refractivity contribution in [1.29, 1.82) is 0 Å². The Morgan fingerprint density at radius 3 is 2.84 bits per heavy atom. The summed E-state index contributed by atoms with van der Waals surface area (Å²) in [5, 5.41) is 7.06. The molecule has 0 bridgehead atoms. The van der Waals surface area contributed by atoms with E-state index in [0.717, 1.165) is 31.5 Å². The number of fused-ring (bicyclic) bond motifs is 1. The van der Waals surface area contributed by atoms with E-state index in [-0.39, 0.29) is 5.91 Å². The molecule has 1 amide bonds. The molecule has 1 atom stereocenters. The van der Waals surface area contributed by atoms with Crippen molar-refractivity contribution in [3.63, 3.8) is 0 Å². The highest BCUT2D eigenvalue weighted by Crippen LogP contribution is 2.26. The molecule has 1 N–H and O–H groups in total. The molecular weight excluding hydrogens is 386 g/mol. The second-order valence-electron chi connectivity index (χ2n) is 8.54. The van der Waals surface area contributed by atoms with Gasteiger partial charge in [-0.25, -0.2) is 10.4 Å². The van der Waals surface area contributed by atoms with E-state index in [1.54, 1.807) is 0 Å². The van der Waals surface area contributed by atoms with Gasteiger partial charge in [0.15, 0.2) is 0 Å². The first-order chi connectivity index (χ1) is 15.3. The average Bonchev–Trinajstić information content (AvgIpc) is 3.20. The molecule has 2 saturated heterocycles. The van der Waals surface area contributed by atoms with Crippen molar-refractivity contribution < 1.29 is 4.79 Å². The molecule has 0 spiro atoms. The molecule has 5 rings (SSSR count). The standard InChI is InChI=1S/C25H29N5O/c31-25(21-7-2-1-3-8-21)28-18-27-30(19-28)29-14-5-6-20(12-15-29)16-22-9-4-10-23-17-26-13-11-24(22)23/h1-4,7-11,13,17,20,27H,5-6,12,14-16,18-19H2. The van der Waals surface area contributed by atoms with Crippen LogP contribution in [0.25, 0.3) is 10.8 Å². The fraction of sp³-hybridized carbons (Fsp3) is 0.360. The number of nitrogens with one attached hydrogen (secondary N) is 1. The van der Waals surface area contributed by atoms with Crippen LogP contribution in [0.15, 0.2) is 67.0 Å². The van der Waals surface area contributed by atoms with Gasteiger partial charge in [-0.3, -0.25) is 9.78 Å². The van der Waals surface area contributed by atoms with E-state index in [2.05, 4.69) is 44.8 Å². The van der Waals surface area contributed by atoms with Gasteiger partial charge in [0.2, 0.25) is 0 Å². The zero-order valence-corrected chi connectivity index (χ0v) is 17.8. The van der Waals surface area contributed by atoms with E-state index in [1.165, 1.54) is 29.2 Å². The van der Waals surface area contributed by atoms with E-state index in [9.17, 15) is 4.79 Å². The number of benzene rings is 2. The largest absolute Gasteiger partial charge is 0.309 e. The van der Waals surface area contributed by atoms with Crippen LogP contribution in [0.1, 0.15) is 35.2 Å². The molecule has 1 unspecified atom stereocenters. The van der Waals surface area contributed by atoms with Gasteiger partial charge in [0, 0.05) is 36.4 Å². The normalized spacial score (nSPS) is 20.8. The third kappa shape index (κ3) is 4.46. The molecule has 1 aromatic heterocycles. The molecule has 0 aliphatic carbocycles. The quantitative estimate of drug-likeness (QED) is 0.705. The molecule has 2 aliphatic rings. The zero-order chi connectivity index (χ0) is 21.0. The van der Waals surface area contributed by atoms with Gasteiger partial charge in [-0.1, -0.05) is 36.4 Å². The lowest BCUT2D eigenvalue weighted by Gasteiger charge is -2.29. The highest BCUT2D eigenvalue weighted by atomic mass is 16.2. The molecule has 2 aliphatic heterocycles. The summed E-state index contributed by atoms with van der Waals surface area (Å²) >= 11 is 0. The molecule has 0 radical (unpaired) electrons. The lowest BCUT2D eigenvalue weighted by atomic mass is 9.90. The number of amides is 1. The predicted molar refractivity (Wildman–Crippen MR) is 122 cm³/mol. The van der Waals surface area contributed by atoms with Gasteiger partial charge in [-0.15, -0.1) is 0 Å². The maximum Gasteiger partial charge on any atom is 0.256 e. The maximum absolute atomic E-state index is 12.7. The minimum absolute atomic E-state index is 0.0775. The number of hydrogen-bond acceptors (Lipinski definition) is 5. The van der Waals surface area contributed by atoms with E-state index in [1.807, 2.05) is 47.6 Å². The highest BCUT2D eigenvalue weighted by Gasteiger charge is 2.30. The first-order valence-electron chi connectivity index (χ1n) is 11.2. The third-order valence-electron chi connectivity index (χ3n) is 6.50. The summed E-state index contributed by atoms with van der Waals surface area (Å²) < 4.78 is 0. The second kappa shape index (κ2) is 9.14. The first-order valence-corrected chi connectivity index (χ1v) is 11.2. The van der Waals surface area contributed by atoms with Crippen LogP contribution in [-0.4, -0.2) is 52.3 Å². The Hall–Kier alpha value is -2.80. The average molecular weight is 416 g/mol. The van der Waals surface area contributed by atoms with Crippen molar-refractivity contribution in [2.75, 3.05) is 26.4 Å². The summed E-state index contributed by atoms with van der Waals surface area (Å²) in [4.78, 5) is 18.9. The minimum atomic E-state index is 0.0775. The van der Waals surface area contributed by atoms with Crippen LogP contribution >= 0.6 is 0 Å². The third-order valence-corrected chi connectivity index (χ3v) is 6.50. The van der Waals surface area contributed by atoms with Crippen molar-refractivity contribution in [1.82, 2.24) is 25.4 Å². The number of rotatable bonds is 4. The van der Waals surface area contributed by atoms with Crippen molar-refractivity contribution in [2.24, 2.45) is 5.92 Å². The minimum Gasteiger partial charge on any atom is -0.309 e. The number of carbonyl (C=O) groups excluding carboxylic acids is 1. The van der Waals surface area contributed by atoms with Crippen LogP contribution in [0.4, 0.5) is 0 Å². The van der Waals surface area contributed by atoms with Gasteiger partial charge in [0.25, 0.3) is 5.91 Å². The Bertz CT molecular complexity index is 1040. The predicted octanol–water partition coefficient (Wildman–Crippen LogP) is 3.67. The molecule has 3 heterocycles.